The maximum Gasteiger partial charge on any atom is 0.343 e. The first-order chi connectivity index (χ1) is 18.8. The van der Waals surface area contributed by atoms with Gasteiger partial charge in [-0.05, 0) is 67.6 Å². The van der Waals surface area contributed by atoms with E-state index >= 15 is 0 Å². The number of hydrazone groups is 1. The Labute approximate surface area is 223 Å². The van der Waals surface area contributed by atoms with Gasteiger partial charge in [0.25, 0.3) is 17.5 Å². The summed E-state index contributed by atoms with van der Waals surface area (Å²) in [6.07, 6.45) is 1.33. The lowest BCUT2D eigenvalue weighted by atomic mass is 10.1. The third-order valence-electron chi connectivity index (χ3n) is 5.49. The first-order valence-electron chi connectivity index (χ1n) is 11.7. The number of nitrogens with zero attached hydrogens (tertiary/aromatic N) is 2. The zero-order valence-electron chi connectivity index (χ0n) is 20.7. The van der Waals surface area contributed by atoms with Crippen molar-refractivity contribution in [1.29, 1.82) is 0 Å². The molecule has 4 aromatic carbocycles. The number of nitrogens with one attached hydrogen (secondary N) is 2. The molecule has 0 aliphatic rings. The highest BCUT2D eigenvalue weighted by Crippen LogP contribution is 2.19. The van der Waals surface area contributed by atoms with Crippen LogP contribution in [0.3, 0.4) is 0 Å². The molecule has 39 heavy (non-hydrogen) atoms. The van der Waals surface area contributed by atoms with Gasteiger partial charge in [-0.3, -0.25) is 19.7 Å². The number of carbonyl (C=O) groups is 3. The van der Waals surface area contributed by atoms with E-state index in [4.69, 9.17) is 4.74 Å². The highest BCUT2D eigenvalue weighted by Gasteiger charge is 2.13. The van der Waals surface area contributed by atoms with E-state index in [2.05, 4.69) is 15.8 Å². The Morgan fingerprint density at radius 3 is 2.21 bits per heavy atom. The van der Waals surface area contributed by atoms with Gasteiger partial charge in [0, 0.05) is 34.5 Å². The zero-order chi connectivity index (χ0) is 27.8. The summed E-state index contributed by atoms with van der Waals surface area (Å²) in [5, 5.41) is 17.5. The van der Waals surface area contributed by atoms with Gasteiger partial charge in [-0.1, -0.05) is 29.8 Å². The second-order valence-corrected chi connectivity index (χ2v) is 8.33. The molecule has 2 N–H and O–H groups in total. The maximum atomic E-state index is 12.5. The van der Waals surface area contributed by atoms with E-state index in [1.54, 1.807) is 66.7 Å². The number of aryl methyl sites for hydroxylation is 1. The molecule has 0 spiro atoms. The van der Waals surface area contributed by atoms with Crippen LogP contribution in [0.25, 0.3) is 0 Å². The smallest absolute Gasteiger partial charge is 0.343 e. The van der Waals surface area contributed by atoms with Gasteiger partial charge in [-0.25, -0.2) is 10.2 Å². The second kappa shape index (κ2) is 12.1. The average Bonchev–Trinajstić information content (AvgIpc) is 2.94. The zero-order valence-corrected chi connectivity index (χ0v) is 20.7. The molecule has 10 heteroatoms. The molecule has 0 bridgehead atoms. The molecule has 0 saturated heterocycles. The first-order valence-corrected chi connectivity index (χ1v) is 11.7. The van der Waals surface area contributed by atoms with Gasteiger partial charge in [0.2, 0.25) is 0 Å². The highest BCUT2D eigenvalue weighted by atomic mass is 16.6. The van der Waals surface area contributed by atoms with E-state index in [-0.39, 0.29) is 22.9 Å². The predicted molar refractivity (Wildman–Crippen MR) is 145 cm³/mol. The Bertz CT molecular complexity index is 1560. The third-order valence-corrected chi connectivity index (χ3v) is 5.49. The number of para-hydroxylation sites is 1. The topological polar surface area (TPSA) is 140 Å². The van der Waals surface area contributed by atoms with E-state index in [0.717, 1.165) is 5.56 Å². The second-order valence-electron chi connectivity index (χ2n) is 8.33. The number of benzene rings is 4. The summed E-state index contributed by atoms with van der Waals surface area (Å²) >= 11 is 0. The number of nitro groups is 1. The molecule has 2 amide bonds. The molecule has 10 nitrogen and oxygen atoms in total. The molecule has 4 rings (SSSR count). The number of ether oxygens (including phenoxy) is 1. The van der Waals surface area contributed by atoms with Crippen LogP contribution < -0.4 is 15.5 Å². The molecule has 0 fully saturated rings. The fourth-order valence-corrected chi connectivity index (χ4v) is 3.48. The fourth-order valence-electron chi connectivity index (χ4n) is 3.48. The summed E-state index contributed by atoms with van der Waals surface area (Å²) in [5.41, 5.74) is 5.18. The predicted octanol–water partition coefficient (Wildman–Crippen LogP) is 5.14. The number of amides is 2. The summed E-state index contributed by atoms with van der Waals surface area (Å²) in [7, 11) is 0. The quantitative estimate of drug-likeness (QED) is 0.108. The van der Waals surface area contributed by atoms with Gasteiger partial charge in [-0.2, -0.15) is 5.10 Å². The summed E-state index contributed by atoms with van der Waals surface area (Å²) in [6, 6.07) is 25.1. The lowest BCUT2D eigenvalue weighted by molar-refractivity contribution is -0.384. The van der Waals surface area contributed by atoms with Crippen LogP contribution >= 0.6 is 0 Å². The van der Waals surface area contributed by atoms with Gasteiger partial charge < -0.3 is 10.1 Å². The van der Waals surface area contributed by atoms with Crippen LogP contribution in [0.2, 0.25) is 0 Å². The number of hydrogen-bond donors (Lipinski definition) is 2. The van der Waals surface area contributed by atoms with Crippen LogP contribution in [0.1, 0.15) is 42.2 Å². The molecule has 0 aliphatic carbocycles. The van der Waals surface area contributed by atoms with Gasteiger partial charge in [0.15, 0.2) is 0 Å². The van der Waals surface area contributed by atoms with E-state index in [1.807, 2.05) is 13.0 Å². The number of hydrogen-bond acceptors (Lipinski definition) is 7. The van der Waals surface area contributed by atoms with Crippen LogP contribution in [0.5, 0.6) is 5.75 Å². The van der Waals surface area contributed by atoms with E-state index < -0.39 is 16.8 Å². The minimum atomic E-state index is -0.704. The van der Waals surface area contributed by atoms with Gasteiger partial charge >= 0.3 is 5.97 Å². The van der Waals surface area contributed by atoms with Gasteiger partial charge in [-0.15, -0.1) is 0 Å². The van der Waals surface area contributed by atoms with Crippen molar-refractivity contribution in [3.8, 4) is 5.75 Å². The van der Waals surface area contributed by atoms with Crippen LogP contribution in [0.15, 0.2) is 102 Å². The molecule has 0 aromatic heterocycles. The largest absolute Gasteiger partial charge is 0.422 e. The number of nitro benzene ring substituents is 1. The van der Waals surface area contributed by atoms with Crippen LogP contribution in [0, 0.1) is 17.0 Å². The summed E-state index contributed by atoms with van der Waals surface area (Å²) in [6.45, 7) is 1.90. The first kappa shape index (κ1) is 26.4. The molecule has 0 aliphatic heterocycles. The van der Waals surface area contributed by atoms with Crippen LogP contribution in [-0.2, 0) is 0 Å². The van der Waals surface area contributed by atoms with E-state index in [9.17, 15) is 24.5 Å². The number of carbonyl (C=O) groups excluding carboxylic acids is 3. The Morgan fingerprint density at radius 2 is 1.51 bits per heavy atom. The molecule has 0 atom stereocenters. The Kier molecular flexibility index (Phi) is 8.17. The number of anilines is 1. The number of non-ortho nitro benzene ring substituents is 1. The van der Waals surface area contributed by atoms with Gasteiger partial charge in [0.1, 0.15) is 5.75 Å². The van der Waals surface area contributed by atoms with Crippen molar-refractivity contribution in [1.82, 2.24) is 5.43 Å². The average molecular weight is 523 g/mol. The van der Waals surface area contributed by atoms with E-state index in [1.165, 1.54) is 30.5 Å². The van der Waals surface area contributed by atoms with Crippen molar-refractivity contribution in [2.75, 3.05) is 5.32 Å². The molecular formula is C29H22N4O6. The van der Waals surface area contributed by atoms with Crippen molar-refractivity contribution in [3.05, 3.63) is 135 Å². The van der Waals surface area contributed by atoms with Crippen molar-refractivity contribution in [3.63, 3.8) is 0 Å². The number of rotatable bonds is 8. The summed E-state index contributed by atoms with van der Waals surface area (Å²) in [4.78, 5) is 47.6. The van der Waals surface area contributed by atoms with Crippen LogP contribution in [0.4, 0.5) is 11.4 Å². The summed E-state index contributed by atoms with van der Waals surface area (Å²) < 4.78 is 5.41. The molecule has 0 unspecified atom stereocenters. The number of esters is 1. The van der Waals surface area contributed by atoms with E-state index in [0.29, 0.717) is 22.4 Å². The van der Waals surface area contributed by atoms with Crippen molar-refractivity contribution < 1.29 is 24.0 Å². The molecule has 0 heterocycles. The Morgan fingerprint density at radius 1 is 0.821 bits per heavy atom. The minimum absolute atomic E-state index is 0.138. The van der Waals surface area contributed by atoms with Crippen LogP contribution in [-0.4, -0.2) is 28.9 Å². The molecular weight excluding hydrogens is 500 g/mol. The lowest BCUT2D eigenvalue weighted by Gasteiger charge is -2.08. The monoisotopic (exact) mass is 522 g/mol. The fraction of sp³-hybridized carbons (Fsp3) is 0.0345. The van der Waals surface area contributed by atoms with Gasteiger partial charge in [0.05, 0.1) is 16.7 Å². The maximum absolute atomic E-state index is 12.5. The van der Waals surface area contributed by atoms with Crippen molar-refractivity contribution >= 4 is 35.4 Å². The molecule has 4 aromatic rings. The standard InChI is InChI=1S/C29H22N4O6/c1-19-5-4-7-22(17-19)27(34)31-24-13-9-20(10-14-24)28(35)32-30-18-23-6-2-3-8-26(23)39-29(36)21-11-15-25(16-12-21)33(37)38/h2-18H,1H3,(H,31,34)(H,32,35)/b30-18-. The Hall–Kier alpha value is -5.64. The molecule has 0 saturated carbocycles. The molecule has 194 valence electrons. The lowest BCUT2D eigenvalue weighted by Crippen LogP contribution is -2.18. The highest BCUT2D eigenvalue weighted by molar-refractivity contribution is 6.04. The van der Waals surface area contributed by atoms with Crippen molar-refractivity contribution in [2.45, 2.75) is 6.92 Å². The SMILES string of the molecule is Cc1cccc(C(=O)Nc2ccc(C(=O)N/N=C\c3ccccc3OC(=O)c3ccc([N+](=O)[O-])cc3)cc2)c1. The normalized spacial score (nSPS) is 10.6. The molecule has 0 radical (unpaired) electrons. The summed E-state index contributed by atoms with van der Waals surface area (Å²) in [5.74, 6) is -1.26. The Balaban J connectivity index is 1.35. The minimum Gasteiger partial charge on any atom is -0.422 e. The van der Waals surface area contributed by atoms with Crippen molar-refractivity contribution in [2.24, 2.45) is 5.10 Å². The third kappa shape index (κ3) is 6.98.